The number of benzene rings is 1. The van der Waals surface area contributed by atoms with E-state index in [-0.39, 0.29) is 12.5 Å². The second-order valence-corrected chi connectivity index (χ2v) is 4.94. The molecule has 116 valence electrons. The number of aryl methyl sites for hydroxylation is 1. The van der Waals surface area contributed by atoms with E-state index in [0.717, 1.165) is 11.3 Å². The third-order valence-corrected chi connectivity index (χ3v) is 3.37. The van der Waals surface area contributed by atoms with Crippen molar-refractivity contribution in [1.82, 2.24) is 15.1 Å². The molecule has 0 spiro atoms. The van der Waals surface area contributed by atoms with Gasteiger partial charge in [-0.25, -0.2) is 4.79 Å². The van der Waals surface area contributed by atoms with E-state index < -0.39 is 5.97 Å². The van der Waals surface area contributed by atoms with Gasteiger partial charge in [-0.1, -0.05) is 30.3 Å². The highest BCUT2D eigenvalue weighted by atomic mass is 16.5. The molecule has 0 saturated carbocycles. The maximum atomic E-state index is 12.1. The number of rotatable bonds is 5. The number of likely N-dealkylation sites (N-methyl/N-ethyl adjacent to an activating group) is 1. The third kappa shape index (κ3) is 3.52. The molecule has 0 unspecified atom stereocenters. The summed E-state index contributed by atoms with van der Waals surface area (Å²) in [6.07, 6.45) is 0. The van der Waals surface area contributed by atoms with E-state index in [1.807, 2.05) is 37.3 Å². The minimum Gasteiger partial charge on any atom is -0.452 e. The molecule has 22 heavy (non-hydrogen) atoms. The number of aromatic nitrogens is 2. The lowest BCUT2D eigenvalue weighted by atomic mass is 10.2. The van der Waals surface area contributed by atoms with E-state index in [1.165, 1.54) is 7.05 Å². The van der Waals surface area contributed by atoms with Crippen LogP contribution in [0.4, 0.5) is 0 Å². The second-order valence-electron chi connectivity index (χ2n) is 4.94. The Labute approximate surface area is 129 Å². The molecular weight excluding hydrogens is 282 g/mol. The van der Waals surface area contributed by atoms with Gasteiger partial charge in [0.05, 0.1) is 17.9 Å². The Balaban J connectivity index is 2.16. The van der Waals surface area contributed by atoms with Gasteiger partial charge in [0.25, 0.3) is 5.91 Å². The molecule has 1 amide bonds. The summed E-state index contributed by atoms with van der Waals surface area (Å²) in [4.78, 5) is 23.3. The third-order valence-electron chi connectivity index (χ3n) is 3.37. The molecule has 0 bridgehead atoms. The minimum atomic E-state index is -0.530. The van der Waals surface area contributed by atoms with Gasteiger partial charge >= 0.3 is 5.97 Å². The van der Waals surface area contributed by atoms with Crippen LogP contribution in [0.5, 0.6) is 0 Å². The van der Waals surface area contributed by atoms with Crippen LogP contribution >= 0.6 is 0 Å². The van der Waals surface area contributed by atoms with Crippen molar-refractivity contribution in [2.24, 2.45) is 0 Å². The molecule has 0 aliphatic carbocycles. The van der Waals surface area contributed by atoms with Crippen LogP contribution < -0.4 is 5.32 Å². The SMILES string of the molecule is CNC(=O)COC(=O)c1c(C)nn(Cc2ccccc2)c1C. The fourth-order valence-electron chi connectivity index (χ4n) is 2.18. The maximum absolute atomic E-state index is 12.1. The average molecular weight is 301 g/mol. The number of hydrogen-bond donors (Lipinski definition) is 1. The normalized spacial score (nSPS) is 10.3. The number of nitrogens with one attached hydrogen (secondary N) is 1. The lowest BCUT2D eigenvalue weighted by Crippen LogP contribution is -2.25. The Morgan fingerprint density at radius 1 is 1.23 bits per heavy atom. The summed E-state index contributed by atoms with van der Waals surface area (Å²) >= 11 is 0. The lowest BCUT2D eigenvalue weighted by Gasteiger charge is -2.06. The quantitative estimate of drug-likeness (QED) is 0.848. The Morgan fingerprint density at radius 2 is 1.91 bits per heavy atom. The Bertz CT molecular complexity index is 677. The predicted octanol–water partition coefficient (Wildman–Crippen LogP) is 1.45. The van der Waals surface area contributed by atoms with Crippen LogP contribution in [0.15, 0.2) is 30.3 Å². The van der Waals surface area contributed by atoms with Crippen LogP contribution in [0.1, 0.15) is 27.3 Å². The first kappa shape index (κ1) is 15.8. The van der Waals surface area contributed by atoms with Crippen molar-refractivity contribution in [3.05, 3.63) is 52.8 Å². The fraction of sp³-hybridized carbons (Fsp3) is 0.312. The summed E-state index contributed by atoms with van der Waals surface area (Å²) in [6.45, 7) is 3.86. The van der Waals surface area contributed by atoms with Gasteiger partial charge < -0.3 is 10.1 Å². The van der Waals surface area contributed by atoms with Crippen molar-refractivity contribution in [2.45, 2.75) is 20.4 Å². The van der Waals surface area contributed by atoms with E-state index >= 15 is 0 Å². The molecule has 0 aliphatic rings. The number of amides is 1. The smallest absolute Gasteiger partial charge is 0.342 e. The summed E-state index contributed by atoms with van der Waals surface area (Å²) in [6, 6.07) is 9.87. The van der Waals surface area contributed by atoms with Gasteiger partial charge in [-0.15, -0.1) is 0 Å². The zero-order valence-electron chi connectivity index (χ0n) is 12.9. The van der Waals surface area contributed by atoms with Crippen LogP contribution in [0.2, 0.25) is 0 Å². The van der Waals surface area contributed by atoms with Crippen LogP contribution in [0.25, 0.3) is 0 Å². The maximum Gasteiger partial charge on any atom is 0.342 e. The van der Waals surface area contributed by atoms with Gasteiger partial charge in [0.15, 0.2) is 6.61 Å². The molecule has 1 N–H and O–H groups in total. The summed E-state index contributed by atoms with van der Waals surface area (Å²) in [7, 11) is 1.49. The number of ether oxygens (including phenoxy) is 1. The van der Waals surface area contributed by atoms with Gasteiger partial charge in [0, 0.05) is 7.05 Å². The van der Waals surface area contributed by atoms with Gasteiger partial charge in [0.2, 0.25) is 0 Å². The molecular formula is C16H19N3O3. The number of nitrogens with zero attached hydrogens (tertiary/aromatic N) is 2. The van der Waals surface area contributed by atoms with Gasteiger partial charge in [0.1, 0.15) is 5.56 Å². The van der Waals surface area contributed by atoms with E-state index in [1.54, 1.807) is 11.6 Å². The average Bonchev–Trinajstić information content (AvgIpc) is 2.79. The molecule has 6 nitrogen and oxygen atoms in total. The van der Waals surface area contributed by atoms with E-state index in [0.29, 0.717) is 17.8 Å². The molecule has 0 radical (unpaired) electrons. The predicted molar refractivity (Wildman–Crippen MR) is 81.6 cm³/mol. The summed E-state index contributed by atoms with van der Waals surface area (Å²) < 4.78 is 6.77. The molecule has 6 heteroatoms. The zero-order chi connectivity index (χ0) is 16.1. The standard InChI is InChI=1S/C16H19N3O3/c1-11-15(16(21)22-10-14(20)17-3)12(2)19(18-11)9-13-7-5-4-6-8-13/h4-8H,9-10H2,1-3H3,(H,17,20). The summed E-state index contributed by atoms with van der Waals surface area (Å²) in [5, 5.41) is 6.79. The molecule has 0 saturated heterocycles. The van der Waals surface area contributed by atoms with Gasteiger partial charge in [-0.05, 0) is 19.4 Å². The molecule has 2 aromatic rings. The largest absolute Gasteiger partial charge is 0.452 e. The van der Waals surface area contributed by atoms with Crippen molar-refractivity contribution >= 4 is 11.9 Å². The van der Waals surface area contributed by atoms with Crippen molar-refractivity contribution in [1.29, 1.82) is 0 Å². The Hall–Kier alpha value is -2.63. The van der Waals surface area contributed by atoms with Crippen molar-refractivity contribution in [2.75, 3.05) is 13.7 Å². The molecule has 0 aliphatic heterocycles. The topological polar surface area (TPSA) is 73.2 Å². The molecule has 1 aromatic heterocycles. The van der Waals surface area contributed by atoms with E-state index in [2.05, 4.69) is 10.4 Å². The first-order chi connectivity index (χ1) is 10.5. The van der Waals surface area contributed by atoms with Crippen LogP contribution in [0, 0.1) is 13.8 Å². The number of carbonyl (C=O) groups excluding carboxylic acids is 2. The van der Waals surface area contributed by atoms with Crippen LogP contribution in [-0.4, -0.2) is 35.3 Å². The zero-order valence-corrected chi connectivity index (χ0v) is 12.9. The van der Waals surface area contributed by atoms with Gasteiger partial charge in [-0.2, -0.15) is 5.10 Å². The van der Waals surface area contributed by atoms with Crippen LogP contribution in [0.3, 0.4) is 0 Å². The van der Waals surface area contributed by atoms with Crippen LogP contribution in [-0.2, 0) is 16.1 Å². The lowest BCUT2D eigenvalue weighted by molar-refractivity contribution is -0.123. The monoisotopic (exact) mass is 301 g/mol. The molecule has 1 heterocycles. The number of esters is 1. The number of hydrogen-bond acceptors (Lipinski definition) is 4. The number of carbonyl (C=O) groups is 2. The minimum absolute atomic E-state index is 0.294. The summed E-state index contributed by atoms with van der Waals surface area (Å²) in [5.74, 6) is -0.877. The molecule has 1 aromatic carbocycles. The Kier molecular flexibility index (Phi) is 4.93. The fourth-order valence-corrected chi connectivity index (χ4v) is 2.18. The second kappa shape index (κ2) is 6.89. The Morgan fingerprint density at radius 3 is 2.55 bits per heavy atom. The van der Waals surface area contributed by atoms with Crippen molar-refractivity contribution in [3.63, 3.8) is 0 Å². The highest BCUT2D eigenvalue weighted by Gasteiger charge is 2.20. The first-order valence-corrected chi connectivity index (χ1v) is 6.98. The highest BCUT2D eigenvalue weighted by Crippen LogP contribution is 2.16. The molecule has 0 atom stereocenters. The van der Waals surface area contributed by atoms with E-state index in [4.69, 9.17) is 4.74 Å². The molecule has 0 fully saturated rings. The first-order valence-electron chi connectivity index (χ1n) is 6.98. The van der Waals surface area contributed by atoms with E-state index in [9.17, 15) is 9.59 Å². The molecule has 2 rings (SSSR count). The van der Waals surface area contributed by atoms with Crippen molar-refractivity contribution < 1.29 is 14.3 Å². The highest BCUT2D eigenvalue weighted by molar-refractivity contribution is 5.93. The van der Waals surface area contributed by atoms with Crippen molar-refractivity contribution in [3.8, 4) is 0 Å². The van der Waals surface area contributed by atoms with Gasteiger partial charge in [-0.3, -0.25) is 9.48 Å². The summed E-state index contributed by atoms with van der Waals surface area (Å²) in [5.41, 5.74) is 2.83.